The van der Waals surface area contributed by atoms with Crippen LogP contribution in [0.4, 0.5) is 18.9 Å². The Morgan fingerprint density at radius 1 is 1.40 bits per heavy atom. The zero-order valence-corrected chi connectivity index (χ0v) is 12.4. The highest BCUT2D eigenvalue weighted by molar-refractivity contribution is 7.80. The van der Waals surface area contributed by atoms with E-state index in [1.165, 1.54) is 12.1 Å². The van der Waals surface area contributed by atoms with Crippen LogP contribution in [-0.4, -0.2) is 11.0 Å². The summed E-state index contributed by atoms with van der Waals surface area (Å²) in [6, 6.07) is 3.98. The fourth-order valence-electron chi connectivity index (χ4n) is 1.95. The zero-order chi connectivity index (χ0) is 15.3. The number of nitrogens with one attached hydrogen (secondary N) is 1. The van der Waals surface area contributed by atoms with Crippen molar-refractivity contribution in [2.24, 2.45) is 5.73 Å². The van der Waals surface area contributed by atoms with Gasteiger partial charge < -0.3 is 11.1 Å². The molecule has 0 spiro atoms. The van der Waals surface area contributed by atoms with Gasteiger partial charge in [-0.2, -0.15) is 13.2 Å². The standard InChI is InChI=1S/C14H19F3N2S/c1-3-4-5-9(2)19-10-6-7-12(14(15,16)17)11(8-10)13(18)20/h6-9,19H,3-5H2,1-2H3,(H2,18,20). The van der Waals surface area contributed by atoms with E-state index >= 15 is 0 Å². The van der Waals surface area contributed by atoms with E-state index in [0.717, 1.165) is 25.3 Å². The molecule has 1 unspecified atom stereocenters. The van der Waals surface area contributed by atoms with Gasteiger partial charge in [-0.3, -0.25) is 0 Å². The minimum absolute atomic E-state index is 0.139. The Hall–Kier alpha value is -1.30. The maximum Gasteiger partial charge on any atom is 0.417 e. The van der Waals surface area contributed by atoms with Gasteiger partial charge in [-0.05, 0) is 31.5 Å². The van der Waals surface area contributed by atoms with Crippen molar-refractivity contribution in [3.05, 3.63) is 29.3 Å². The van der Waals surface area contributed by atoms with E-state index in [1.807, 2.05) is 6.92 Å². The molecule has 0 amide bonds. The van der Waals surface area contributed by atoms with Crippen molar-refractivity contribution in [2.75, 3.05) is 5.32 Å². The highest BCUT2D eigenvalue weighted by atomic mass is 32.1. The highest BCUT2D eigenvalue weighted by Crippen LogP contribution is 2.33. The highest BCUT2D eigenvalue weighted by Gasteiger charge is 2.34. The van der Waals surface area contributed by atoms with Gasteiger partial charge in [-0.1, -0.05) is 32.0 Å². The lowest BCUT2D eigenvalue weighted by Gasteiger charge is -2.18. The first-order chi connectivity index (χ1) is 9.25. The zero-order valence-electron chi connectivity index (χ0n) is 11.6. The molecule has 6 heteroatoms. The molecule has 0 heterocycles. The summed E-state index contributed by atoms with van der Waals surface area (Å²) >= 11 is 4.71. The Morgan fingerprint density at radius 3 is 2.55 bits per heavy atom. The number of unbranched alkanes of at least 4 members (excludes halogenated alkanes) is 1. The third-order valence-corrected chi connectivity index (χ3v) is 3.21. The number of alkyl halides is 3. The maximum absolute atomic E-state index is 12.8. The Balaban J connectivity index is 2.96. The largest absolute Gasteiger partial charge is 0.417 e. The van der Waals surface area contributed by atoms with Crippen LogP contribution in [0.1, 0.15) is 44.2 Å². The van der Waals surface area contributed by atoms with Gasteiger partial charge in [0.15, 0.2) is 0 Å². The molecule has 0 aliphatic rings. The molecule has 0 radical (unpaired) electrons. The van der Waals surface area contributed by atoms with Crippen molar-refractivity contribution >= 4 is 22.9 Å². The fourth-order valence-corrected chi connectivity index (χ4v) is 2.12. The van der Waals surface area contributed by atoms with Gasteiger partial charge in [-0.15, -0.1) is 0 Å². The molecule has 112 valence electrons. The molecule has 1 rings (SSSR count). The summed E-state index contributed by atoms with van der Waals surface area (Å²) in [6.07, 6.45) is -1.35. The van der Waals surface area contributed by atoms with E-state index in [4.69, 9.17) is 18.0 Å². The average Bonchev–Trinajstić information content (AvgIpc) is 2.34. The van der Waals surface area contributed by atoms with Crippen LogP contribution in [0.15, 0.2) is 18.2 Å². The Morgan fingerprint density at radius 2 is 2.05 bits per heavy atom. The number of benzene rings is 1. The quantitative estimate of drug-likeness (QED) is 0.768. The molecule has 0 aliphatic heterocycles. The minimum atomic E-state index is -4.45. The Bertz CT molecular complexity index is 472. The van der Waals surface area contributed by atoms with Crippen LogP contribution in [-0.2, 0) is 6.18 Å². The number of halogens is 3. The summed E-state index contributed by atoms with van der Waals surface area (Å²) in [4.78, 5) is -0.248. The second-order valence-corrected chi connectivity index (χ2v) is 5.25. The number of rotatable bonds is 6. The van der Waals surface area contributed by atoms with E-state index in [0.29, 0.717) is 5.69 Å². The van der Waals surface area contributed by atoms with Crippen LogP contribution in [0.5, 0.6) is 0 Å². The molecule has 2 nitrogen and oxygen atoms in total. The molecule has 1 aromatic rings. The lowest BCUT2D eigenvalue weighted by molar-refractivity contribution is -0.137. The molecule has 0 aliphatic carbocycles. The van der Waals surface area contributed by atoms with Crippen LogP contribution in [0.25, 0.3) is 0 Å². The van der Waals surface area contributed by atoms with Crippen molar-refractivity contribution in [2.45, 2.75) is 45.3 Å². The Kier molecular flexibility index (Phi) is 5.80. The molecule has 0 aromatic heterocycles. The molecule has 0 saturated heterocycles. The lowest BCUT2D eigenvalue weighted by atomic mass is 10.0. The third kappa shape index (κ3) is 4.67. The monoisotopic (exact) mass is 304 g/mol. The van der Waals surface area contributed by atoms with Gasteiger partial charge in [0.1, 0.15) is 4.99 Å². The van der Waals surface area contributed by atoms with Crippen molar-refractivity contribution in [3.8, 4) is 0 Å². The normalized spacial score (nSPS) is 13.1. The molecule has 1 atom stereocenters. The summed E-state index contributed by atoms with van der Waals surface area (Å²) in [5.74, 6) is 0. The molecular formula is C14H19F3N2S. The predicted molar refractivity (Wildman–Crippen MR) is 79.9 cm³/mol. The van der Waals surface area contributed by atoms with Crippen molar-refractivity contribution < 1.29 is 13.2 Å². The van der Waals surface area contributed by atoms with Crippen LogP contribution in [0.2, 0.25) is 0 Å². The molecular weight excluding hydrogens is 285 g/mol. The van der Waals surface area contributed by atoms with Crippen LogP contribution < -0.4 is 11.1 Å². The fraction of sp³-hybridized carbons (Fsp3) is 0.500. The first-order valence-electron chi connectivity index (χ1n) is 6.53. The molecule has 0 saturated carbocycles. The van der Waals surface area contributed by atoms with Gasteiger partial charge in [0.25, 0.3) is 0 Å². The van der Waals surface area contributed by atoms with Gasteiger partial charge in [0, 0.05) is 17.3 Å². The van der Waals surface area contributed by atoms with Crippen LogP contribution >= 0.6 is 12.2 Å². The number of hydrogen-bond donors (Lipinski definition) is 2. The first-order valence-corrected chi connectivity index (χ1v) is 6.94. The van der Waals surface area contributed by atoms with Crippen LogP contribution in [0.3, 0.4) is 0 Å². The van der Waals surface area contributed by atoms with E-state index in [9.17, 15) is 13.2 Å². The van der Waals surface area contributed by atoms with E-state index < -0.39 is 11.7 Å². The maximum atomic E-state index is 12.8. The summed E-state index contributed by atoms with van der Waals surface area (Å²) in [6.45, 7) is 4.09. The van der Waals surface area contributed by atoms with E-state index in [1.54, 1.807) is 0 Å². The summed E-state index contributed by atoms with van der Waals surface area (Å²) < 4.78 is 38.5. The Labute approximate surface area is 122 Å². The topological polar surface area (TPSA) is 38.0 Å². The smallest absolute Gasteiger partial charge is 0.389 e. The first kappa shape index (κ1) is 16.8. The second-order valence-electron chi connectivity index (χ2n) is 4.81. The minimum Gasteiger partial charge on any atom is -0.389 e. The number of nitrogens with two attached hydrogens (primary N) is 1. The van der Waals surface area contributed by atoms with Gasteiger partial charge in [0.05, 0.1) is 5.56 Å². The van der Waals surface area contributed by atoms with E-state index in [2.05, 4.69) is 12.2 Å². The second kappa shape index (κ2) is 6.92. The number of thiocarbonyl (C=S) groups is 1. The molecule has 20 heavy (non-hydrogen) atoms. The van der Waals surface area contributed by atoms with Crippen molar-refractivity contribution in [3.63, 3.8) is 0 Å². The SMILES string of the molecule is CCCCC(C)Nc1ccc(C(F)(F)F)c(C(N)=S)c1. The summed E-state index contributed by atoms with van der Waals surface area (Å²) in [7, 11) is 0. The molecule has 0 bridgehead atoms. The van der Waals surface area contributed by atoms with Gasteiger partial charge in [0.2, 0.25) is 0 Å². The summed E-state index contributed by atoms with van der Waals surface area (Å²) in [5.41, 5.74) is 5.06. The number of anilines is 1. The molecule has 3 N–H and O–H groups in total. The van der Waals surface area contributed by atoms with Crippen LogP contribution in [0, 0.1) is 0 Å². The van der Waals surface area contributed by atoms with Gasteiger partial charge >= 0.3 is 6.18 Å². The molecule has 1 aromatic carbocycles. The van der Waals surface area contributed by atoms with E-state index in [-0.39, 0.29) is 16.6 Å². The van der Waals surface area contributed by atoms with Gasteiger partial charge in [-0.25, -0.2) is 0 Å². The number of hydrogen-bond acceptors (Lipinski definition) is 2. The van der Waals surface area contributed by atoms with Crippen molar-refractivity contribution in [1.29, 1.82) is 0 Å². The lowest BCUT2D eigenvalue weighted by Crippen LogP contribution is -2.20. The third-order valence-electron chi connectivity index (χ3n) is 2.99. The molecule has 0 fully saturated rings. The van der Waals surface area contributed by atoms with Crippen molar-refractivity contribution in [1.82, 2.24) is 0 Å². The summed E-state index contributed by atoms with van der Waals surface area (Å²) in [5, 5.41) is 3.17. The average molecular weight is 304 g/mol. The predicted octanol–water partition coefficient (Wildman–Crippen LogP) is 4.33.